The molecule has 6 heteroatoms. The molecule has 0 spiro atoms. The minimum atomic E-state index is -0.434. The average molecular weight is 408 g/mol. The lowest BCUT2D eigenvalue weighted by atomic mass is 10.2. The smallest absolute Gasteiger partial charge is 0.250 e. The Hall–Kier alpha value is -2.89. The van der Waals surface area contributed by atoms with Crippen molar-refractivity contribution < 1.29 is 4.79 Å². The molecule has 4 aromatic rings. The minimum Gasteiger partial charge on any atom is -0.366 e. The third-order valence-electron chi connectivity index (χ3n) is 4.65. The Balaban J connectivity index is 1.79. The van der Waals surface area contributed by atoms with Crippen LogP contribution in [-0.4, -0.2) is 15.5 Å². The quantitative estimate of drug-likeness (QED) is 0.482. The zero-order chi connectivity index (χ0) is 19.7. The maximum absolute atomic E-state index is 11.9. The topological polar surface area (TPSA) is 60.9 Å². The van der Waals surface area contributed by atoms with Crippen molar-refractivity contribution in [1.29, 1.82) is 0 Å². The Bertz CT molecular complexity index is 1150. The van der Waals surface area contributed by atoms with Crippen LogP contribution in [-0.2, 0) is 6.54 Å². The molecule has 1 amide bonds. The van der Waals surface area contributed by atoms with Crippen molar-refractivity contribution in [2.45, 2.75) is 13.5 Å². The van der Waals surface area contributed by atoms with Gasteiger partial charge >= 0.3 is 0 Å². The molecule has 0 saturated heterocycles. The molecule has 0 radical (unpaired) electrons. The van der Waals surface area contributed by atoms with Gasteiger partial charge in [-0.3, -0.25) is 4.79 Å². The van der Waals surface area contributed by atoms with Gasteiger partial charge < -0.3 is 10.3 Å². The largest absolute Gasteiger partial charge is 0.366 e. The number of carbonyl (C=O) groups is 1. The van der Waals surface area contributed by atoms with Crippen LogP contribution < -0.4 is 5.73 Å². The highest BCUT2D eigenvalue weighted by Crippen LogP contribution is 2.32. The van der Waals surface area contributed by atoms with Gasteiger partial charge in [-0.25, -0.2) is 4.98 Å². The van der Waals surface area contributed by atoms with Crippen LogP contribution in [0.15, 0.2) is 66.0 Å². The predicted molar refractivity (Wildman–Crippen MR) is 115 cm³/mol. The molecule has 2 aromatic carbocycles. The van der Waals surface area contributed by atoms with E-state index in [1.54, 1.807) is 11.3 Å². The fraction of sp³-hybridized carbons (Fsp3) is 0.0909. The minimum absolute atomic E-state index is 0.434. The lowest BCUT2D eigenvalue weighted by Gasteiger charge is -2.11. The number of primary amides is 1. The predicted octanol–water partition coefficient (Wildman–Crippen LogP) is 5.39. The standard InChI is InChI=1S/C22H18ClN3OS/c1-14-18(21(24)27)11-20(26(14)12-15-6-3-2-4-7-15)19-13-28-22(25-19)16-8-5-9-17(23)10-16/h2-11,13H,12H2,1H3,(H2,24,27). The van der Waals surface area contributed by atoms with Gasteiger partial charge in [0.15, 0.2) is 0 Å². The molecule has 0 aliphatic rings. The molecule has 0 fully saturated rings. The summed E-state index contributed by atoms with van der Waals surface area (Å²) in [7, 11) is 0. The zero-order valence-electron chi connectivity index (χ0n) is 15.2. The number of thiazole rings is 1. The van der Waals surface area contributed by atoms with E-state index < -0.39 is 5.91 Å². The highest BCUT2D eigenvalue weighted by molar-refractivity contribution is 7.13. The molecular weight excluding hydrogens is 390 g/mol. The molecule has 4 rings (SSSR count). The monoisotopic (exact) mass is 407 g/mol. The van der Waals surface area contributed by atoms with Crippen LogP contribution in [0.1, 0.15) is 21.6 Å². The Morgan fingerprint density at radius 1 is 1.14 bits per heavy atom. The Morgan fingerprint density at radius 3 is 2.64 bits per heavy atom. The second-order valence-corrected chi connectivity index (χ2v) is 7.81. The van der Waals surface area contributed by atoms with Crippen molar-refractivity contribution in [3.8, 4) is 22.0 Å². The number of halogens is 1. The van der Waals surface area contributed by atoms with Crippen LogP contribution in [0.2, 0.25) is 5.02 Å². The molecule has 0 aliphatic carbocycles. The first-order valence-corrected chi connectivity index (χ1v) is 10.0. The van der Waals surface area contributed by atoms with E-state index in [4.69, 9.17) is 22.3 Å². The van der Waals surface area contributed by atoms with Crippen molar-refractivity contribution >= 4 is 28.8 Å². The summed E-state index contributed by atoms with van der Waals surface area (Å²) in [6.07, 6.45) is 0. The second-order valence-electron chi connectivity index (χ2n) is 6.51. The molecule has 28 heavy (non-hydrogen) atoms. The number of aromatic nitrogens is 2. The molecule has 2 heterocycles. The second kappa shape index (κ2) is 7.62. The summed E-state index contributed by atoms with van der Waals surface area (Å²) in [6.45, 7) is 2.55. The number of hydrogen-bond acceptors (Lipinski definition) is 3. The first kappa shape index (κ1) is 18.5. The summed E-state index contributed by atoms with van der Waals surface area (Å²) in [5, 5.41) is 3.55. The molecule has 4 nitrogen and oxygen atoms in total. The van der Waals surface area contributed by atoms with Gasteiger partial charge in [-0.2, -0.15) is 0 Å². The highest BCUT2D eigenvalue weighted by atomic mass is 35.5. The van der Waals surface area contributed by atoms with Crippen molar-refractivity contribution in [1.82, 2.24) is 9.55 Å². The van der Waals surface area contributed by atoms with Crippen LogP contribution in [0.25, 0.3) is 22.0 Å². The van der Waals surface area contributed by atoms with E-state index in [2.05, 4.69) is 16.7 Å². The van der Waals surface area contributed by atoms with Gasteiger partial charge in [0.1, 0.15) is 5.01 Å². The van der Waals surface area contributed by atoms with E-state index >= 15 is 0 Å². The van der Waals surface area contributed by atoms with E-state index in [-0.39, 0.29) is 0 Å². The highest BCUT2D eigenvalue weighted by Gasteiger charge is 2.19. The number of amides is 1. The first-order valence-electron chi connectivity index (χ1n) is 8.78. The summed E-state index contributed by atoms with van der Waals surface area (Å²) in [5.41, 5.74) is 10.7. The van der Waals surface area contributed by atoms with Crippen LogP contribution in [0.5, 0.6) is 0 Å². The van der Waals surface area contributed by atoms with Gasteiger partial charge in [0.05, 0.1) is 17.0 Å². The fourth-order valence-electron chi connectivity index (χ4n) is 3.22. The van der Waals surface area contributed by atoms with Crippen molar-refractivity contribution in [3.63, 3.8) is 0 Å². The van der Waals surface area contributed by atoms with Gasteiger partial charge in [0.25, 0.3) is 5.91 Å². The summed E-state index contributed by atoms with van der Waals surface area (Å²) in [4.78, 5) is 16.7. The third kappa shape index (κ3) is 3.59. The number of carbonyl (C=O) groups excluding carboxylic acids is 1. The van der Waals surface area contributed by atoms with Crippen molar-refractivity contribution in [2.24, 2.45) is 5.73 Å². The van der Waals surface area contributed by atoms with Crippen LogP contribution in [0, 0.1) is 6.92 Å². The molecule has 0 atom stereocenters. The molecule has 140 valence electrons. The van der Waals surface area contributed by atoms with Gasteiger partial charge in [0, 0.05) is 28.2 Å². The average Bonchev–Trinajstić information content (AvgIpc) is 3.28. The van der Waals surface area contributed by atoms with Crippen molar-refractivity contribution in [2.75, 3.05) is 0 Å². The lowest BCUT2D eigenvalue weighted by Crippen LogP contribution is -2.12. The molecule has 2 aromatic heterocycles. The summed E-state index contributed by atoms with van der Waals surface area (Å²) in [5.74, 6) is -0.434. The Labute approximate surface area is 172 Å². The molecular formula is C22H18ClN3OS. The maximum atomic E-state index is 11.9. The van der Waals surface area contributed by atoms with E-state index in [9.17, 15) is 4.79 Å². The van der Waals surface area contributed by atoms with Gasteiger partial charge in [0.2, 0.25) is 0 Å². The Morgan fingerprint density at radius 2 is 1.93 bits per heavy atom. The number of benzene rings is 2. The molecule has 0 unspecified atom stereocenters. The molecule has 0 bridgehead atoms. The number of hydrogen-bond donors (Lipinski definition) is 1. The summed E-state index contributed by atoms with van der Waals surface area (Å²) >= 11 is 7.66. The zero-order valence-corrected chi connectivity index (χ0v) is 16.8. The Kier molecular flexibility index (Phi) is 5.03. The maximum Gasteiger partial charge on any atom is 0.250 e. The number of rotatable bonds is 5. The normalized spacial score (nSPS) is 10.9. The van der Waals surface area contributed by atoms with Gasteiger partial charge in [-0.1, -0.05) is 54.1 Å². The summed E-state index contributed by atoms with van der Waals surface area (Å²) < 4.78 is 2.09. The van der Waals surface area contributed by atoms with E-state index in [0.717, 1.165) is 33.2 Å². The third-order valence-corrected chi connectivity index (χ3v) is 5.78. The molecule has 0 aliphatic heterocycles. The summed E-state index contributed by atoms with van der Waals surface area (Å²) in [6, 6.07) is 19.6. The molecule has 0 saturated carbocycles. The SMILES string of the molecule is Cc1c(C(N)=O)cc(-c2csc(-c3cccc(Cl)c3)n2)n1Cc1ccccc1. The van der Waals surface area contributed by atoms with Crippen LogP contribution >= 0.6 is 22.9 Å². The van der Waals surface area contributed by atoms with E-state index in [0.29, 0.717) is 17.1 Å². The first-order chi connectivity index (χ1) is 13.5. The van der Waals surface area contributed by atoms with Gasteiger partial charge in [-0.05, 0) is 30.7 Å². The van der Waals surface area contributed by atoms with Gasteiger partial charge in [-0.15, -0.1) is 11.3 Å². The van der Waals surface area contributed by atoms with E-state index in [1.165, 1.54) is 0 Å². The van der Waals surface area contributed by atoms with E-state index in [1.807, 2.05) is 60.8 Å². The number of nitrogens with two attached hydrogens (primary N) is 1. The fourth-order valence-corrected chi connectivity index (χ4v) is 4.22. The molecule has 2 N–H and O–H groups in total. The number of nitrogens with zero attached hydrogens (tertiary/aromatic N) is 2. The van der Waals surface area contributed by atoms with Crippen molar-refractivity contribution in [3.05, 3.63) is 87.9 Å². The van der Waals surface area contributed by atoms with Crippen LogP contribution in [0.3, 0.4) is 0 Å². The lowest BCUT2D eigenvalue weighted by molar-refractivity contribution is 0.0999. The van der Waals surface area contributed by atoms with Crippen LogP contribution in [0.4, 0.5) is 0 Å².